The average Bonchev–Trinajstić information content (AvgIpc) is 2.73. The van der Waals surface area contributed by atoms with Gasteiger partial charge in [-0.25, -0.2) is 13.1 Å². The number of sulfonamides is 1. The molecule has 1 aromatic rings. The fourth-order valence-electron chi connectivity index (χ4n) is 3.01. The first kappa shape index (κ1) is 16.7. The van der Waals surface area contributed by atoms with Crippen LogP contribution in [-0.4, -0.2) is 39.1 Å². The Balaban J connectivity index is 1.99. The topological polar surface area (TPSA) is 58.6 Å². The van der Waals surface area contributed by atoms with Gasteiger partial charge in [0.2, 0.25) is 10.0 Å². The van der Waals surface area contributed by atoms with Crippen LogP contribution in [0.15, 0.2) is 17.0 Å². The summed E-state index contributed by atoms with van der Waals surface area (Å²) in [5.41, 5.74) is -0.728. The Kier molecular flexibility index (Phi) is 4.16. The van der Waals surface area contributed by atoms with E-state index < -0.39 is 21.8 Å². The molecule has 9 heteroatoms. The van der Waals surface area contributed by atoms with Crippen LogP contribution in [0.1, 0.15) is 23.6 Å². The van der Waals surface area contributed by atoms with E-state index >= 15 is 0 Å². The number of halogens is 3. The van der Waals surface area contributed by atoms with E-state index in [2.05, 4.69) is 4.72 Å². The molecule has 2 heterocycles. The number of rotatable bonds is 2. The van der Waals surface area contributed by atoms with Crippen LogP contribution >= 0.6 is 0 Å². The highest BCUT2D eigenvalue weighted by Gasteiger charge is 2.39. The molecule has 1 fully saturated rings. The lowest BCUT2D eigenvalue weighted by Gasteiger charge is -2.31. The van der Waals surface area contributed by atoms with Gasteiger partial charge in [0.05, 0.1) is 23.2 Å². The standard InChI is InChI=1S/C14H17F3N2O3S/c1-9-7-19(2-3-22-9)8-10-4-12(14(15,16)17)11-6-18-23(20,21)13(11)5-10/h4-5,9,18H,2-3,6-8H2,1H3/t9-/m0/s1. The number of benzene rings is 1. The van der Waals surface area contributed by atoms with Crippen LogP contribution in [0.5, 0.6) is 0 Å². The van der Waals surface area contributed by atoms with Crippen LogP contribution in [0, 0.1) is 0 Å². The number of alkyl halides is 3. The number of hydrogen-bond donors (Lipinski definition) is 1. The molecule has 2 aliphatic rings. The molecule has 128 valence electrons. The van der Waals surface area contributed by atoms with E-state index in [9.17, 15) is 21.6 Å². The fraction of sp³-hybridized carbons (Fsp3) is 0.571. The van der Waals surface area contributed by atoms with Gasteiger partial charge in [-0.15, -0.1) is 0 Å². The SMILES string of the molecule is C[C@H]1CN(Cc2cc(C(F)(F)F)c3c(c2)S(=O)(=O)NC3)CCO1. The number of fused-ring (bicyclic) bond motifs is 1. The third-order valence-electron chi connectivity index (χ3n) is 4.03. The summed E-state index contributed by atoms with van der Waals surface area (Å²) in [6, 6.07) is 2.40. The molecule has 0 amide bonds. The summed E-state index contributed by atoms with van der Waals surface area (Å²) in [4.78, 5) is 1.70. The average molecular weight is 350 g/mol. The van der Waals surface area contributed by atoms with Gasteiger partial charge in [-0.2, -0.15) is 13.2 Å². The lowest BCUT2D eigenvalue weighted by Crippen LogP contribution is -2.40. The Labute approximate surface area is 132 Å². The van der Waals surface area contributed by atoms with Crippen LogP contribution in [-0.2, 0) is 34.0 Å². The first-order chi connectivity index (χ1) is 10.7. The van der Waals surface area contributed by atoms with Crippen molar-refractivity contribution in [1.82, 2.24) is 9.62 Å². The third kappa shape index (κ3) is 3.37. The molecule has 0 spiro atoms. The first-order valence-corrected chi connectivity index (χ1v) is 8.72. The van der Waals surface area contributed by atoms with Gasteiger partial charge in [-0.1, -0.05) is 0 Å². The molecule has 1 atom stereocenters. The third-order valence-corrected chi connectivity index (χ3v) is 5.50. The molecule has 0 bridgehead atoms. The number of morpholine rings is 1. The van der Waals surface area contributed by atoms with Crippen molar-refractivity contribution in [3.05, 3.63) is 28.8 Å². The largest absolute Gasteiger partial charge is 0.416 e. The van der Waals surface area contributed by atoms with Crippen molar-refractivity contribution >= 4 is 10.0 Å². The van der Waals surface area contributed by atoms with Crippen molar-refractivity contribution in [3.8, 4) is 0 Å². The Morgan fingerprint density at radius 2 is 2.13 bits per heavy atom. The second-order valence-corrected chi connectivity index (χ2v) is 7.59. The zero-order valence-electron chi connectivity index (χ0n) is 12.5. The van der Waals surface area contributed by atoms with E-state index in [1.807, 2.05) is 11.8 Å². The highest BCUT2D eigenvalue weighted by Crippen LogP contribution is 2.38. The summed E-state index contributed by atoms with van der Waals surface area (Å²) in [6.45, 7) is 3.56. The lowest BCUT2D eigenvalue weighted by molar-refractivity contribution is -0.138. The summed E-state index contributed by atoms with van der Waals surface area (Å²) in [5.74, 6) is 0. The molecule has 2 aliphatic heterocycles. The van der Waals surface area contributed by atoms with Crippen LogP contribution in [0.2, 0.25) is 0 Å². The summed E-state index contributed by atoms with van der Waals surface area (Å²) >= 11 is 0. The smallest absolute Gasteiger partial charge is 0.376 e. The summed E-state index contributed by atoms with van der Waals surface area (Å²) in [6.07, 6.45) is -4.58. The van der Waals surface area contributed by atoms with Crippen LogP contribution < -0.4 is 4.72 Å². The monoisotopic (exact) mass is 350 g/mol. The fourth-order valence-corrected chi connectivity index (χ4v) is 4.31. The number of nitrogens with one attached hydrogen (secondary N) is 1. The van der Waals surface area contributed by atoms with Gasteiger partial charge in [0.25, 0.3) is 0 Å². The Bertz CT molecular complexity index is 719. The van der Waals surface area contributed by atoms with Gasteiger partial charge < -0.3 is 4.74 Å². The molecule has 0 saturated carbocycles. The molecule has 0 aliphatic carbocycles. The Hall–Kier alpha value is -1.16. The minimum atomic E-state index is -4.58. The van der Waals surface area contributed by atoms with Gasteiger partial charge in [0.1, 0.15) is 0 Å². The molecule has 1 aromatic carbocycles. The molecule has 0 unspecified atom stereocenters. The summed E-state index contributed by atoms with van der Waals surface area (Å²) in [7, 11) is -3.86. The van der Waals surface area contributed by atoms with E-state index in [-0.39, 0.29) is 29.7 Å². The Morgan fingerprint density at radius 1 is 1.39 bits per heavy atom. The van der Waals surface area contributed by atoms with E-state index in [1.165, 1.54) is 6.07 Å². The minimum Gasteiger partial charge on any atom is -0.376 e. The normalized spacial score (nSPS) is 24.6. The molecule has 5 nitrogen and oxygen atoms in total. The van der Waals surface area contributed by atoms with Crippen molar-refractivity contribution in [2.45, 2.75) is 37.2 Å². The van der Waals surface area contributed by atoms with Gasteiger partial charge in [0.15, 0.2) is 0 Å². The first-order valence-electron chi connectivity index (χ1n) is 7.23. The second-order valence-electron chi connectivity index (χ2n) is 5.86. The van der Waals surface area contributed by atoms with Crippen molar-refractivity contribution in [2.75, 3.05) is 19.7 Å². The molecule has 1 saturated heterocycles. The molecule has 0 radical (unpaired) electrons. The van der Waals surface area contributed by atoms with Crippen LogP contribution in [0.25, 0.3) is 0 Å². The van der Waals surface area contributed by atoms with Crippen molar-refractivity contribution in [2.24, 2.45) is 0 Å². The van der Waals surface area contributed by atoms with Crippen molar-refractivity contribution in [3.63, 3.8) is 0 Å². The summed E-state index contributed by atoms with van der Waals surface area (Å²) in [5, 5.41) is 0. The number of hydrogen-bond acceptors (Lipinski definition) is 4. The molecule has 3 rings (SSSR count). The van der Waals surface area contributed by atoms with Crippen LogP contribution in [0.4, 0.5) is 13.2 Å². The van der Waals surface area contributed by atoms with E-state index in [0.717, 1.165) is 6.07 Å². The molecular weight excluding hydrogens is 333 g/mol. The quantitative estimate of drug-likeness (QED) is 0.882. The predicted molar refractivity (Wildman–Crippen MR) is 76.2 cm³/mol. The molecule has 23 heavy (non-hydrogen) atoms. The van der Waals surface area contributed by atoms with E-state index in [1.54, 1.807) is 0 Å². The number of nitrogens with zero attached hydrogens (tertiary/aromatic N) is 1. The predicted octanol–water partition coefficient (Wildman–Crippen LogP) is 1.72. The van der Waals surface area contributed by atoms with Gasteiger partial charge in [-0.05, 0) is 30.2 Å². The second kappa shape index (κ2) is 5.73. The maximum absolute atomic E-state index is 13.3. The van der Waals surface area contributed by atoms with Crippen LogP contribution in [0.3, 0.4) is 0 Å². The van der Waals surface area contributed by atoms with Gasteiger partial charge in [-0.3, -0.25) is 4.90 Å². The summed E-state index contributed by atoms with van der Waals surface area (Å²) < 4.78 is 71.2. The zero-order valence-corrected chi connectivity index (χ0v) is 13.3. The molecule has 1 N–H and O–H groups in total. The maximum atomic E-state index is 13.3. The highest BCUT2D eigenvalue weighted by atomic mass is 32.2. The molecule has 0 aromatic heterocycles. The zero-order chi connectivity index (χ0) is 16.8. The highest BCUT2D eigenvalue weighted by molar-refractivity contribution is 7.89. The maximum Gasteiger partial charge on any atom is 0.416 e. The van der Waals surface area contributed by atoms with E-state index in [4.69, 9.17) is 4.74 Å². The Morgan fingerprint density at radius 3 is 2.78 bits per heavy atom. The lowest BCUT2D eigenvalue weighted by atomic mass is 10.0. The van der Waals surface area contributed by atoms with Crippen molar-refractivity contribution in [1.29, 1.82) is 0 Å². The molecular formula is C14H17F3N2O3S. The van der Waals surface area contributed by atoms with E-state index in [0.29, 0.717) is 25.3 Å². The van der Waals surface area contributed by atoms with Gasteiger partial charge >= 0.3 is 6.18 Å². The van der Waals surface area contributed by atoms with Crippen molar-refractivity contribution < 1.29 is 26.3 Å². The minimum absolute atomic E-state index is 0.00524. The van der Waals surface area contributed by atoms with Gasteiger partial charge in [0, 0.05) is 26.2 Å². The number of ether oxygens (including phenoxy) is 1.